The molecule has 7 nitrogen and oxygen atoms in total. The molecule has 2 rings (SSSR count). The van der Waals surface area contributed by atoms with Crippen LogP contribution in [0.3, 0.4) is 0 Å². The molecule has 0 bridgehead atoms. The van der Waals surface area contributed by atoms with Crippen LogP contribution < -0.4 is 19.1 Å². The van der Waals surface area contributed by atoms with Gasteiger partial charge in [0.2, 0.25) is 15.9 Å². The summed E-state index contributed by atoms with van der Waals surface area (Å²) in [5, 5.41) is 2.81. The molecule has 0 fully saturated rings. The number of carbonyl (C=O) groups excluding carboxylic acids is 1. The van der Waals surface area contributed by atoms with Crippen LogP contribution in [-0.2, 0) is 21.4 Å². The molecular weight excluding hydrogens is 404 g/mol. The largest absolute Gasteiger partial charge is 0.493 e. The molecule has 1 amide bonds. The number of aryl methyl sites for hydroxylation is 1. The second-order valence-corrected chi connectivity index (χ2v) is 9.30. The first-order chi connectivity index (χ1) is 14.0. The average molecular weight is 435 g/mol. The number of ether oxygens (including phenoxy) is 2. The molecule has 0 saturated heterocycles. The Kier molecular flexibility index (Phi) is 7.72. The van der Waals surface area contributed by atoms with Gasteiger partial charge in [-0.25, -0.2) is 8.42 Å². The van der Waals surface area contributed by atoms with Crippen LogP contribution in [-0.4, -0.2) is 39.8 Å². The molecule has 0 aromatic heterocycles. The minimum absolute atomic E-state index is 0.00824. The highest BCUT2D eigenvalue weighted by Gasteiger charge is 2.29. The fourth-order valence-electron chi connectivity index (χ4n) is 3.08. The van der Waals surface area contributed by atoms with E-state index in [0.29, 0.717) is 17.2 Å². The monoisotopic (exact) mass is 434 g/mol. The van der Waals surface area contributed by atoms with E-state index in [9.17, 15) is 13.2 Å². The summed E-state index contributed by atoms with van der Waals surface area (Å²) >= 11 is 0. The maximum Gasteiger partial charge on any atom is 0.243 e. The lowest BCUT2D eigenvalue weighted by Crippen LogP contribution is -2.47. The lowest BCUT2D eigenvalue weighted by molar-refractivity contribution is -0.122. The molecule has 0 aliphatic heterocycles. The predicted octanol–water partition coefficient (Wildman–Crippen LogP) is 3.26. The molecule has 0 heterocycles. The molecule has 1 unspecified atom stereocenters. The summed E-state index contributed by atoms with van der Waals surface area (Å²) in [6.07, 6.45) is 1.10. The van der Waals surface area contributed by atoms with Crippen molar-refractivity contribution in [2.75, 3.05) is 17.7 Å². The van der Waals surface area contributed by atoms with E-state index in [1.807, 2.05) is 32.9 Å². The minimum atomic E-state index is -3.65. The number of anilines is 1. The van der Waals surface area contributed by atoms with Gasteiger partial charge < -0.3 is 14.8 Å². The Labute approximate surface area is 179 Å². The van der Waals surface area contributed by atoms with E-state index in [4.69, 9.17) is 9.47 Å². The zero-order chi connectivity index (χ0) is 22.5. The normalized spacial score (nSPS) is 12.4. The number of sulfonamides is 1. The van der Waals surface area contributed by atoms with Crippen LogP contribution >= 0.6 is 0 Å². The summed E-state index contributed by atoms with van der Waals surface area (Å²) in [6, 6.07) is 11.6. The lowest BCUT2D eigenvalue weighted by Gasteiger charge is -2.28. The van der Waals surface area contributed by atoms with E-state index >= 15 is 0 Å². The molecule has 8 heteroatoms. The van der Waals surface area contributed by atoms with Crippen LogP contribution in [0, 0.1) is 6.92 Å². The SMILES string of the molecule is COc1cc(CNC(=O)C(C)N(c2cccc(C)c2)S(C)(=O)=O)ccc1OC(C)C. The number of hydrogen-bond acceptors (Lipinski definition) is 5. The molecule has 30 heavy (non-hydrogen) atoms. The summed E-state index contributed by atoms with van der Waals surface area (Å²) in [5.41, 5.74) is 2.17. The second kappa shape index (κ2) is 9.84. The van der Waals surface area contributed by atoms with E-state index < -0.39 is 22.0 Å². The molecule has 0 saturated carbocycles. The highest BCUT2D eigenvalue weighted by Crippen LogP contribution is 2.29. The molecule has 2 aromatic carbocycles. The number of carbonyl (C=O) groups is 1. The maximum atomic E-state index is 12.8. The van der Waals surface area contributed by atoms with Crippen molar-refractivity contribution >= 4 is 21.6 Å². The summed E-state index contributed by atoms with van der Waals surface area (Å²) in [5.74, 6) is 0.795. The molecule has 2 aromatic rings. The Morgan fingerprint density at radius 1 is 1.10 bits per heavy atom. The fraction of sp³-hybridized carbons (Fsp3) is 0.409. The van der Waals surface area contributed by atoms with Crippen LogP contribution in [0.25, 0.3) is 0 Å². The summed E-state index contributed by atoms with van der Waals surface area (Å²) in [6.45, 7) is 7.52. The minimum Gasteiger partial charge on any atom is -0.493 e. The van der Waals surface area contributed by atoms with Crippen molar-refractivity contribution in [2.24, 2.45) is 0 Å². The van der Waals surface area contributed by atoms with E-state index in [1.54, 1.807) is 44.4 Å². The van der Waals surface area contributed by atoms with Crippen LogP contribution in [0.4, 0.5) is 5.69 Å². The molecule has 164 valence electrons. The standard InChI is InChI=1S/C22H30N2O5S/c1-15(2)29-20-11-10-18(13-21(20)28-5)14-23-22(25)17(4)24(30(6,26)27)19-9-7-8-16(3)12-19/h7-13,15,17H,14H2,1-6H3,(H,23,25). The number of nitrogens with zero attached hydrogens (tertiary/aromatic N) is 1. The van der Waals surface area contributed by atoms with Gasteiger partial charge in [0.1, 0.15) is 6.04 Å². The lowest BCUT2D eigenvalue weighted by atomic mass is 10.2. The first-order valence-corrected chi connectivity index (χ1v) is 11.5. The highest BCUT2D eigenvalue weighted by atomic mass is 32.2. The van der Waals surface area contributed by atoms with E-state index in [1.165, 1.54) is 0 Å². The number of methoxy groups -OCH3 is 1. The molecule has 0 radical (unpaired) electrons. The van der Waals surface area contributed by atoms with Gasteiger partial charge in [-0.1, -0.05) is 18.2 Å². The third kappa shape index (κ3) is 6.13. The molecule has 1 N–H and O–H groups in total. The first kappa shape index (κ1) is 23.5. The molecule has 0 aliphatic carbocycles. The number of amides is 1. The smallest absolute Gasteiger partial charge is 0.243 e. The van der Waals surface area contributed by atoms with Crippen molar-refractivity contribution < 1.29 is 22.7 Å². The number of nitrogens with one attached hydrogen (secondary N) is 1. The highest BCUT2D eigenvalue weighted by molar-refractivity contribution is 7.92. The van der Waals surface area contributed by atoms with Gasteiger partial charge in [-0.2, -0.15) is 0 Å². The van der Waals surface area contributed by atoms with Crippen molar-refractivity contribution in [1.82, 2.24) is 5.32 Å². The zero-order valence-corrected chi connectivity index (χ0v) is 19.1. The van der Waals surface area contributed by atoms with Gasteiger partial charge >= 0.3 is 0 Å². The third-order valence-electron chi connectivity index (χ3n) is 4.40. The Hall–Kier alpha value is -2.74. The summed E-state index contributed by atoms with van der Waals surface area (Å²) < 4.78 is 37.0. The van der Waals surface area contributed by atoms with Gasteiger partial charge in [0.25, 0.3) is 0 Å². The van der Waals surface area contributed by atoms with Gasteiger partial charge in [-0.3, -0.25) is 9.10 Å². The van der Waals surface area contributed by atoms with Gasteiger partial charge in [0.05, 0.1) is 25.2 Å². The first-order valence-electron chi connectivity index (χ1n) is 9.70. The van der Waals surface area contributed by atoms with Gasteiger partial charge in [0.15, 0.2) is 11.5 Å². The fourth-order valence-corrected chi connectivity index (χ4v) is 4.25. The summed E-state index contributed by atoms with van der Waals surface area (Å²) in [4.78, 5) is 12.8. The molecule has 0 spiro atoms. The van der Waals surface area contributed by atoms with Crippen LogP contribution in [0.15, 0.2) is 42.5 Å². The molecule has 0 aliphatic rings. The van der Waals surface area contributed by atoms with Gasteiger partial charge in [-0.15, -0.1) is 0 Å². The second-order valence-electron chi connectivity index (χ2n) is 7.44. The van der Waals surface area contributed by atoms with Gasteiger partial charge in [0, 0.05) is 6.54 Å². The van der Waals surface area contributed by atoms with Gasteiger partial charge in [-0.05, 0) is 63.1 Å². The summed E-state index contributed by atoms with van der Waals surface area (Å²) in [7, 11) is -2.10. The Morgan fingerprint density at radius 2 is 1.80 bits per heavy atom. The van der Waals surface area contributed by atoms with Crippen molar-refractivity contribution in [1.29, 1.82) is 0 Å². The van der Waals surface area contributed by atoms with E-state index in [-0.39, 0.29) is 12.6 Å². The number of hydrogen-bond donors (Lipinski definition) is 1. The van der Waals surface area contributed by atoms with Crippen molar-refractivity contribution in [3.05, 3.63) is 53.6 Å². The van der Waals surface area contributed by atoms with E-state index in [2.05, 4.69) is 5.32 Å². The van der Waals surface area contributed by atoms with Crippen LogP contribution in [0.1, 0.15) is 31.9 Å². The van der Waals surface area contributed by atoms with E-state index in [0.717, 1.165) is 21.7 Å². The quantitative estimate of drug-likeness (QED) is 0.655. The zero-order valence-electron chi connectivity index (χ0n) is 18.3. The van der Waals surface area contributed by atoms with Crippen molar-refractivity contribution in [2.45, 2.75) is 46.4 Å². The average Bonchev–Trinajstić information content (AvgIpc) is 2.65. The molecular formula is C22H30N2O5S. The van der Waals surface area contributed by atoms with Crippen molar-refractivity contribution in [3.8, 4) is 11.5 Å². The predicted molar refractivity (Wildman–Crippen MR) is 119 cm³/mol. The van der Waals surface area contributed by atoms with Crippen LogP contribution in [0.5, 0.6) is 11.5 Å². The Balaban J connectivity index is 2.16. The molecule has 1 atom stereocenters. The topological polar surface area (TPSA) is 84.9 Å². The van der Waals surface area contributed by atoms with Crippen molar-refractivity contribution in [3.63, 3.8) is 0 Å². The Morgan fingerprint density at radius 3 is 2.37 bits per heavy atom. The Bertz CT molecular complexity index is 989. The third-order valence-corrected chi connectivity index (χ3v) is 5.64. The maximum absolute atomic E-state index is 12.8. The number of benzene rings is 2. The number of rotatable bonds is 9. The van der Waals surface area contributed by atoms with Crippen LogP contribution in [0.2, 0.25) is 0 Å².